The molecule has 0 bridgehead atoms. The van der Waals surface area contributed by atoms with Gasteiger partial charge in [0.25, 0.3) is 5.91 Å². The second-order valence-electron chi connectivity index (χ2n) is 6.30. The standard InChI is InChI=1S/C21H20N2O/c1-16-9-11-18(12-10-16)21(24)23-15-14-22-13-5-8-19(22)20(23)17-6-3-2-4-7-17/h2-13,20H,14-15H2,1H3/t20-/m0/s1. The van der Waals surface area contributed by atoms with Crippen LogP contribution >= 0.6 is 0 Å². The molecule has 0 spiro atoms. The fourth-order valence-electron chi connectivity index (χ4n) is 3.45. The van der Waals surface area contributed by atoms with Gasteiger partial charge in [-0.3, -0.25) is 4.79 Å². The molecule has 2 aromatic carbocycles. The summed E-state index contributed by atoms with van der Waals surface area (Å²) in [4.78, 5) is 15.1. The van der Waals surface area contributed by atoms with Crippen LogP contribution in [-0.4, -0.2) is 21.9 Å². The van der Waals surface area contributed by atoms with Gasteiger partial charge in [0.2, 0.25) is 0 Å². The Morgan fingerprint density at radius 2 is 1.67 bits per heavy atom. The lowest BCUT2D eigenvalue weighted by atomic mass is 9.99. The number of aryl methyl sites for hydroxylation is 1. The van der Waals surface area contributed by atoms with E-state index in [-0.39, 0.29) is 11.9 Å². The van der Waals surface area contributed by atoms with Gasteiger partial charge >= 0.3 is 0 Å². The first-order valence-electron chi connectivity index (χ1n) is 8.31. The number of hydrogen-bond acceptors (Lipinski definition) is 1. The molecule has 1 aromatic heterocycles. The molecule has 0 saturated heterocycles. The van der Waals surface area contributed by atoms with E-state index in [1.807, 2.05) is 54.3 Å². The summed E-state index contributed by atoms with van der Waals surface area (Å²) in [5, 5.41) is 0. The van der Waals surface area contributed by atoms with Crippen LogP contribution in [0.15, 0.2) is 72.9 Å². The molecule has 4 rings (SSSR count). The van der Waals surface area contributed by atoms with Crippen molar-refractivity contribution in [1.82, 2.24) is 9.47 Å². The van der Waals surface area contributed by atoms with Crippen molar-refractivity contribution in [2.75, 3.05) is 6.54 Å². The van der Waals surface area contributed by atoms with Gasteiger partial charge in [0.1, 0.15) is 0 Å². The molecule has 2 heterocycles. The molecule has 3 aromatic rings. The molecule has 3 nitrogen and oxygen atoms in total. The second kappa shape index (κ2) is 6.00. The Bertz CT molecular complexity index is 849. The molecule has 24 heavy (non-hydrogen) atoms. The van der Waals surface area contributed by atoms with Crippen molar-refractivity contribution in [3.05, 3.63) is 95.3 Å². The molecule has 1 amide bonds. The Hall–Kier alpha value is -2.81. The highest BCUT2D eigenvalue weighted by atomic mass is 16.2. The molecule has 1 aliphatic heterocycles. The molecule has 0 saturated carbocycles. The summed E-state index contributed by atoms with van der Waals surface area (Å²) in [5.41, 5.74) is 4.24. The largest absolute Gasteiger partial charge is 0.348 e. The summed E-state index contributed by atoms with van der Waals surface area (Å²) in [6.07, 6.45) is 2.10. The maximum absolute atomic E-state index is 13.1. The molecule has 0 aliphatic carbocycles. The molecule has 0 N–H and O–H groups in total. The van der Waals surface area contributed by atoms with Crippen molar-refractivity contribution >= 4 is 5.91 Å². The van der Waals surface area contributed by atoms with Crippen molar-refractivity contribution in [2.24, 2.45) is 0 Å². The minimum atomic E-state index is -0.0382. The summed E-state index contributed by atoms with van der Waals surface area (Å²) < 4.78 is 2.25. The van der Waals surface area contributed by atoms with Crippen LogP contribution in [0.2, 0.25) is 0 Å². The van der Waals surface area contributed by atoms with Gasteiger partial charge < -0.3 is 9.47 Å². The Labute approximate surface area is 142 Å². The fourth-order valence-corrected chi connectivity index (χ4v) is 3.45. The van der Waals surface area contributed by atoms with E-state index in [1.165, 1.54) is 11.3 Å². The van der Waals surface area contributed by atoms with E-state index in [0.717, 1.165) is 17.7 Å². The Morgan fingerprint density at radius 1 is 0.917 bits per heavy atom. The monoisotopic (exact) mass is 316 g/mol. The number of rotatable bonds is 2. The number of carbonyl (C=O) groups excluding carboxylic acids is 1. The summed E-state index contributed by atoms with van der Waals surface area (Å²) >= 11 is 0. The Balaban J connectivity index is 1.76. The molecule has 0 unspecified atom stereocenters. The summed E-state index contributed by atoms with van der Waals surface area (Å²) in [6.45, 7) is 3.59. The normalized spacial score (nSPS) is 16.7. The van der Waals surface area contributed by atoms with Crippen molar-refractivity contribution in [1.29, 1.82) is 0 Å². The van der Waals surface area contributed by atoms with E-state index in [9.17, 15) is 4.79 Å². The number of aromatic nitrogens is 1. The Morgan fingerprint density at radius 3 is 2.42 bits per heavy atom. The quantitative estimate of drug-likeness (QED) is 0.700. The zero-order valence-electron chi connectivity index (χ0n) is 13.7. The Kier molecular flexibility index (Phi) is 3.69. The number of hydrogen-bond donors (Lipinski definition) is 0. The number of benzene rings is 2. The maximum Gasteiger partial charge on any atom is 0.254 e. The van der Waals surface area contributed by atoms with Crippen LogP contribution in [0.4, 0.5) is 0 Å². The molecule has 3 heteroatoms. The zero-order valence-corrected chi connectivity index (χ0v) is 13.7. The first-order chi connectivity index (χ1) is 11.7. The van der Waals surface area contributed by atoms with Crippen LogP contribution in [0.25, 0.3) is 0 Å². The number of nitrogens with zero attached hydrogens (tertiary/aromatic N) is 2. The van der Waals surface area contributed by atoms with Gasteiger partial charge in [-0.25, -0.2) is 0 Å². The van der Waals surface area contributed by atoms with E-state index in [0.29, 0.717) is 6.54 Å². The van der Waals surface area contributed by atoms with E-state index in [2.05, 4.69) is 35.0 Å². The lowest BCUT2D eigenvalue weighted by Gasteiger charge is -2.37. The first kappa shape index (κ1) is 14.8. The molecular weight excluding hydrogens is 296 g/mol. The lowest BCUT2D eigenvalue weighted by Crippen LogP contribution is -2.42. The van der Waals surface area contributed by atoms with Crippen molar-refractivity contribution in [3.8, 4) is 0 Å². The van der Waals surface area contributed by atoms with Gasteiger partial charge in [0, 0.05) is 30.5 Å². The van der Waals surface area contributed by atoms with Crippen LogP contribution in [0, 0.1) is 6.92 Å². The van der Waals surface area contributed by atoms with Crippen molar-refractivity contribution in [2.45, 2.75) is 19.5 Å². The van der Waals surface area contributed by atoms with Crippen LogP contribution in [0.5, 0.6) is 0 Å². The minimum absolute atomic E-state index is 0.0382. The molecule has 0 radical (unpaired) electrons. The maximum atomic E-state index is 13.1. The third-order valence-electron chi connectivity index (χ3n) is 4.71. The van der Waals surface area contributed by atoms with Crippen molar-refractivity contribution in [3.63, 3.8) is 0 Å². The second-order valence-corrected chi connectivity index (χ2v) is 6.30. The fraction of sp³-hybridized carbons (Fsp3) is 0.190. The van der Waals surface area contributed by atoms with Crippen LogP contribution in [-0.2, 0) is 6.54 Å². The van der Waals surface area contributed by atoms with Gasteiger partial charge in [-0.15, -0.1) is 0 Å². The molecular formula is C21H20N2O. The molecule has 0 fully saturated rings. The summed E-state index contributed by atoms with van der Waals surface area (Å²) in [5.74, 6) is 0.0938. The smallest absolute Gasteiger partial charge is 0.254 e. The van der Waals surface area contributed by atoms with E-state index in [1.54, 1.807) is 0 Å². The van der Waals surface area contributed by atoms with Crippen LogP contribution in [0.1, 0.15) is 33.2 Å². The predicted molar refractivity (Wildman–Crippen MR) is 94.9 cm³/mol. The first-order valence-corrected chi connectivity index (χ1v) is 8.31. The number of fused-ring (bicyclic) bond motifs is 1. The lowest BCUT2D eigenvalue weighted by molar-refractivity contribution is 0.0664. The third kappa shape index (κ3) is 2.52. The number of carbonyl (C=O) groups is 1. The van der Waals surface area contributed by atoms with Crippen LogP contribution < -0.4 is 0 Å². The third-order valence-corrected chi connectivity index (χ3v) is 4.71. The van der Waals surface area contributed by atoms with E-state index < -0.39 is 0 Å². The van der Waals surface area contributed by atoms with Gasteiger partial charge in [-0.2, -0.15) is 0 Å². The van der Waals surface area contributed by atoms with Gasteiger partial charge in [0.05, 0.1) is 6.04 Å². The highest BCUT2D eigenvalue weighted by Crippen LogP contribution is 2.33. The van der Waals surface area contributed by atoms with Gasteiger partial charge in [-0.05, 0) is 36.8 Å². The predicted octanol–water partition coefficient (Wildman–Crippen LogP) is 4.04. The zero-order chi connectivity index (χ0) is 16.5. The van der Waals surface area contributed by atoms with Gasteiger partial charge in [0.15, 0.2) is 0 Å². The summed E-state index contributed by atoms with van der Waals surface area (Å²) in [6, 6.07) is 22.3. The average molecular weight is 316 g/mol. The molecule has 120 valence electrons. The van der Waals surface area contributed by atoms with E-state index >= 15 is 0 Å². The topological polar surface area (TPSA) is 25.2 Å². The van der Waals surface area contributed by atoms with Gasteiger partial charge in [-0.1, -0.05) is 48.0 Å². The minimum Gasteiger partial charge on any atom is -0.348 e. The molecule has 1 aliphatic rings. The number of amides is 1. The average Bonchev–Trinajstić information content (AvgIpc) is 3.10. The van der Waals surface area contributed by atoms with Crippen LogP contribution in [0.3, 0.4) is 0 Å². The molecule has 1 atom stereocenters. The SMILES string of the molecule is Cc1ccc(C(=O)N2CCn3cccc3[C@@H]2c2ccccc2)cc1. The highest BCUT2D eigenvalue weighted by molar-refractivity contribution is 5.94. The van der Waals surface area contributed by atoms with E-state index in [4.69, 9.17) is 0 Å². The van der Waals surface area contributed by atoms with Crippen molar-refractivity contribution < 1.29 is 4.79 Å². The summed E-state index contributed by atoms with van der Waals surface area (Å²) in [7, 11) is 0. The highest BCUT2D eigenvalue weighted by Gasteiger charge is 2.32.